The van der Waals surface area contributed by atoms with Crippen LogP contribution in [0.1, 0.15) is 101 Å². The molecule has 0 unspecified atom stereocenters. The molecule has 0 radical (unpaired) electrons. The van der Waals surface area contributed by atoms with Crippen molar-refractivity contribution in [2.45, 2.75) is 79.1 Å². The lowest BCUT2D eigenvalue weighted by Crippen LogP contribution is -2.02. The van der Waals surface area contributed by atoms with E-state index >= 15 is 0 Å². The number of fused-ring (bicyclic) bond motifs is 10. The fourth-order valence-corrected chi connectivity index (χ4v) is 13.6. The van der Waals surface area contributed by atoms with E-state index in [0.29, 0.717) is 23.7 Å². The molecule has 0 aliphatic heterocycles. The second-order valence-electron chi connectivity index (χ2n) is 18.8. The van der Waals surface area contributed by atoms with E-state index in [4.69, 9.17) is 19.9 Å². The van der Waals surface area contributed by atoms with Crippen molar-refractivity contribution in [3.05, 3.63) is 127 Å². The fourth-order valence-electron chi connectivity index (χ4n) is 10.5. The number of aromatic nitrogens is 4. The number of hydrogen-bond donors (Lipinski definition) is 0. The van der Waals surface area contributed by atoms with E-state index in [-0.39, 0.29) is 0 Å². The minimum Gasteiger partial charge on any atom is -0.244 e. The SMILES string of the molecule is CC(C)c1cccc(C(C)C)c1-c1cc2c3nc4cc5cc(Br)sc5cc4nc3c3cc(-c4c(C(C)C)cccc4C(C)C)cc4c5nc6cc7cc(Br)sc7cc6nc5c(c1)c2c43. The van der Waals surface area contributed by atoms with Gasteiger partial charge in [0.1, 0.15) is 0 Å². The van der Waals surface area contributed by atoms with Gasteiger partial charge in [0.05, 0.1) is 51.7 Å². The maximum atomic E-state index is 5.69. The second kappa shape index (κ2) is 14.7. The van der Waals surface area contributed by atoms with Crippen LogP contribution in [0.25, 0.3) is 119 Å². The molecule has 64 heavy (non-hydrogen) atoms. The van der Waals surface area contributed by atoms with Crippen molar-refractivity contribution in [3.63, 3.8) is 0 Å². The van der Waals surface area contributed by atoms with Gasteiger partial charge in [0.2, 0.25) is 0 Å². The largest absolute Gasteiger partial charge is 0.244 e. The van der Waals surface area contributed by atoms with Gasteiger partial charge in [0.15, 0.2) is 0 Å². The number of nitrogens with zero attached hydrogens (tertiary/aromatic N) is 4. The van der Waals surface area contributed by atoms with Gasteiger partial charge in [0.25, 0.3) is 0 Å². The van der Waals surface area contributed by atoms with E-state index in [9.17, 15) is 0 Å². The second-order valence-corrected chi connectivity index (χ2v) is 23.8. The van der Waals surface area contributed by atoms with Gasteiger partial charge in [-0.25, -0.2) is 19.9 Å². The highest BCUT2D eigenvalue weighted by Gasteiger charge is 2.26. The summed E-state index contributed by atoms with van der Waals surface area (Å²) in [6, 6.07) is 36.6. The van der Waals surface area contributed by atoms with Crippen LogP contribution in [0, 0.1) is 0 Å². The molecule has 4 nitrogen and oxygen atoms in total. The van der Waals surface area contributed by atoms with Crippen LogP contribution < -0.4 is 0 Å². The first-order chi connectivity index (χ1) is 30.8. The van der Waals surface area contributed by atoms with Crippen molar-refractivity contribution < 1.29 is 0 Å². The Kier molecular flexibility index (Phi) is 9.28. The van der Waals surface area contributed by atoms with Crippen molar-refractivity contribution in [1.29, 1.82) is 0 Å². The maximum absolute atomic E-state index is 5.69. The van der Waals surface area contributed by atoms with Crippen molar-refractivity contribution in [2.75, 3.05) is 0 Å². The Balaban J connectivity index is 1.35. The minimum absolute atomic E-state index is 0.322. The van der Waals surface area contributed by atoms with Gasteiger partial charge >= 0.3 is 0 Å². The molecule has 0 aliphatic rings. The van der Waals surface area contributed by atoms with Crippen LogP contribution in [-0.2, 0) is 0 Å². The van der Waals surface area contributed by atoms with Gasteiger partial charge in [-0.1, -0.05) is 91.8 Å². The lowest BCUT2D eigenvalue weighted by atomic mass is 9.81. The van der Waals surface area contributed by atoms with E-state index < -0.39 is 0 Å². The average Bonchev–Trinajstić information content (AvgIpc) is 3.83. The maximum Gasteiger partial charge on any atom is 0.0979 e. The molecule has 0 saturated carbocycles. The third kappa shape index (κ3) is 6.08. The average molecular weight is 997 g/mol. The number of hydrogen-bond acceptors (Lipinski definition) is 6. The van der Waals surface area contributed by atoms with Crippen LogP contribution in [0.4, 0.5) is 0 Å². The van der Waals surface area contributed by atoms with E-state index in [2.05, 4.69) is 184 Å². The lowest BCUT2D eigenvalue weighted by Gasteiger charge is -2.24. The summed E-state index contributed by atoms with van der Waals surface area (Å²) < 4.78 is 4.57. The molecule has 4 heterocycles. The monoisotopic (exact) mass is 994 g/mol. The molecule has 0 bridgehead atoms. The molecule has 0 atom stereocenters. The quantitative estimate of drug-likeness (QED) is 0.123. The van der Waals surface area contributed by atoms with E-state index in [1.54, 1.807) is 22.7 Å². The normalized spacial score (nSPS) is 12.8. The molecule has 8 heteroatoms. The smallest absolute Gasteiger partial charge is 0.0979 e. The van der Waals surface area contributed by atoms with Crippen LogP contribution in [-0.4, -0.2) is 19.9 Å². The molecule has 8 aromatic carbocycles. The molecule has 12 aromatic rings. The van der Waals surface area contributed by atoms with Gasteiger partial charge < -0.3 is 0 Å². The first-order valence-electron chi connectivity index (χ1n) is 22.3. The highest BCUT2D eigenvalue weighted by atomic mass is 79.9. The Bertz CT molecular complexity index is 3460. The Hall–Kier alpha value is -5.12. The standard InChI is InChI=1S/C56H44Br2N4S2/c1-25(2)33-11-9-12-34(26(3)4)49(33)31-15-37-51-39(17-31)55-54(60-42-20-30-22-48(58)63-45(30)23-43(42)61-55)38-16-32(50-35(27(5)6)13-10-14-36(50)28(7)8)18-40(52(38)51)56-53(37)59-41-19-29-21-47(57)64-46(29)24-44(41)62-56/h9-28H,1-8H3. The van der Waals surface area contributed by atoms with Gasteiger partial charge in [-0.2, -0.15) is 0 Å². The van der Waals surface area contributed by atoms with Crippen molar-refractivity contribution in [1.82, 2.24) is 19.9 Å². The van der Waals surface area contributed by atoms with Crippen molar-refractivity contribution >= 4 is 151 Å². The Labute approximate surface area is 396 Å². The Morgan fingerprint density at radius 1 is 0.391 bits per heavy atom. The third-order valence-electron chi connectivity index (χ3n) is 13.4. The summed E-state index contributed by atoms with van der Waals surface area (Å²) in [6.07, 6.45) is 0. The zero-order chi connectivity index (χ0) is 44.0. The predicted octanol–water partition coefficient (Wildman–Crippen LogP) is 18.6. The Morgan fingerprint density at radius 2 is 0.688 bits per heavy atom. The van der Waals surface area contributed by atoms with E-state index in [0.717, 1.165) is 94.8 Å². The van der Waals surface area contributed by atoms with Gasteiger partial charge in [0, 0.05) is 41.7 Å². The van der Waals surface area contributed by atoms with E-state index in [1.807, 2.05) is 0 Å². The number of rotatable bonds is 6. The molecule has 0 aliphatic carbocycles. The van der Waals surface area contributed by atoms with E-state index in [1.165, 1.54) is 53.9 Å². The summed E-state index contributed by atoms with van der Waals surface area (Å²) in [5, 5.41) is 9.02. The molecule has 0 N–H and O–H groups in total. The van der Waals surface area contributed by atoms with Crippen molar-refractivity contribution in [2.24, 2.45) is 0 Å². The summed E-state index contributed by atoms with van der Waals surface area (Å²) in [5.41, 5.74) is 17.5. The summed E-state index contributed by atoms with van der Waals surface area (Å²) in [5.74, 6) is 1.29. The van der Waals surface area contributed by atoms with Crippen LogP contribution in [0.5, 0.6) is 0 Å². The zero-order valence-corrected chi connectivity index (χ0v) is 41.7. The van der Waals surface area contributed by atoms with Crippen LogP contribution in [0.15, 0.2) is 105 Å². The first-order valence-corrected chi connectivity index (χ1v) is 25.5. The molecule has 0 spiro atoms. The number of thiophene rings is 2. The molecule has 314 valence electrons. The van der Waals surface area contributed by atoms with Crippen LogP contribution in [0.2, 0.25) is 0 Å². The number of benzene rings is 8. The third-order valence-corrected chi connectivity index (χ3v) is 16.6. The van der Waals surface area contributed by atoms with Gasteiger partial charge in [-0.05, 0) is 171 Å². The predicted molar refractivity (Wildman–Crippen MR) is 285 cm³/mol. The summed E-state index contributed by atoms with van der Waals surface area (Å²) in [4.78, 5) is 22.7. The van der Waals surface area contributed by atoms with Crippen LogP contribution in [0.3, 0.4) is 0 Å². The zero-order valence-electron chi connectivity index (χ0n) is 36.9. The lowest BCUT2D eigenvalue weighted by molar-refractivity contribution is 0.838. The summed E-state index contributed by atoms with van der Waals surface area (Å²) in [7, 11) is 0. The summed E-state index contributed by atoms with van der Waals surface area (Å²) in [6.45, 7) is 18.4. The highest BCUT2D eigenvalue weighted by Crippen LogP contribution is 2.50. The molecular formula is C56H44Br2N4S2. The summed E-state index contributed by atoms with van der Waals surface area (Å²) >= 11 is 11.0. The Morgan fingerprint density at radius 3 is 0.984 bits per heavy atom. The minimum atomic E-state index is 0.322. The molecule has 4 aromatic heterocycles. The molecule has 0 amide bonds. The molecular weight excluding hydrogens is 953 g/mol. The van der Waals surface area contributed by atoms with Crippen LogP contribution >= 0.6 is 54.5 Å². The van der Waals surface area contributed by atoms with Crippen molar-refractivity contribution in [3.8, 4) is 22.3 Å². The first kappa shape index (κ1) is 40.4. The van der Waals surface area contributed by atoms with Gasteiger partial charge in [-0.15, -0.1) is 22.7 Å². The molecule has 12 rings (SSSR count). The molecule has 0 fully saturated rings. The number of halogens is 2. The topological polar surface area (TPSA) is 51.6 Å². The van der Waals surface area contributed by atoms with Gasteiger partial charge in [-0.3, -0.25) is 0 Å². The molecule has 0 saturated heterocycles. The fraction of sp³-hybridized carbons (Fsp3) is 0.214. The highest BCUT2D eigenvalue weighted by molar-refractivity contribution is 9.11.